The van der Waals surface area contributed by atoms with Crippen molar-refractivity contribution in [3.8, 4) is 0 Å². The minimum absolute atomic E-state index is 0.0297. The molecule has 1 rings (SSSR count). The molecule has 3 N–H and O–H groups in total. The summed E-state index contributed by atoms with van der Waals surface area (Å²) in [6.07, 6.45) is 1.69. The van der Waals surface area contributed by atoms with Gasteiger partial charge >= 0.3 is 0 Å². The lowest BCUT2D eigenvalue weighted by Crippen LogP contribution is -2.44. The summed E-state index contributed by atoms with van der Waals surface area (Å²) in [6, 6.07) is 9.23. The van der Waals surface area contributed by atoms with Crippen LogP contribution in [-0.2, 0) is 4.79 Å². The molecule has 0 aromatic heterocycles. The Balaban J connectivity index is 2.60. The van der Waals surface area contributed by atoms with Crippen LogP contribution in [0.15, 0.2) is 43.0 Å². The fraction of sp³-hybridized carbons (Fsp3) is 0.357. The molecule has 0 unspecified atom stereocenters. The molecule has 0 aliphatic carbocycles. The molecular weight excluding hydrogens is 212 g/mol. The van der Waals surface area contributed by atoms with Gasteiger partial charge in [0.1, 0.15) is 0 Å². The van der Waals surface area contributed by atoms with Crippen LogP contribution < -0.4 is 11.1 Å². The largest absolute Gasteiger partial charge is 0.348 e. The Kier molecular flexibility index (Phi) is 4.91. The third kappa shape index (κ3) is 3.71. The number of nitrogens with one attached hydrogen (secondary N) is 1. The summed E-state index contributed by atoms with van der Waals surface area (Å²) in [7, 11) is 0. The number of carbonyl (C=O) groups excluding carboxylic acids is 1. The van der Waals surface area contributed by atoms with E-state index in [0.29, 0.717) is 0 Å². The minimum atomic E-state index is -0.543. The van der Waals surface area contributed by atoms with Crippen molar-refractivity contribution in [2.45, 2.75) is 25.9 Å². The van der Waals surface area contributed by atoms with Crippen LogP contribution in [-0.4, -0.2) is 11.9 Å². The van der Waals surface area contributed by atoms with Crippen molar-refractivity contribution < 1.29 is 4.79 Å². The summed E-state index contributed by atoms with van der Waals surface area (Å²) in [6.45, 7) is 7.46. The Morgan fingerprint density at radius 1 is 1.35 bits per heavy atom. The van der Waals surface area contributed by atoms with E-state index in [2.05, 4.69) is 11.9 Å². The fourth-order valence-electron chi connectivity index (χ4n) is 1.52. The molecule has 0 spiro atoms. The minimum Gasteiger partial charge on any atom is -0.348 e. The van der Waals surface area contributed by atoms with Crippen molar-refractivity contribution in [2.75, 3.05) is 0 Å². The van der Waals surface area contributed by atoms with E-state index in [1.807, 2.05) is 44.2 Å². The van der Waals surface area contributed by atoms with Crippen LogP contribution in [0.3, 0.4) is 0 Å². The van der Waals surface area contributed by atoms with Gasteiger partial charge in [-0.3, -0.25) is 4.79 Å². The quantitative estimate of drug-likeness (QED) is 0.763. The van der Waals surface area contributed by atoms with Crippen LogP contribution in [0.2, 0.25) is 0 Å². The van der Waals surface area contributed by atoms with Crippen LogP contribution in [0.4, 0.5) is 0 Å². The standard InChI is InChI=1S/C14H20N2O/c1-4-10(2)13(15)14(17)16-11(3)12-8-6-5-7-9-12/h4-11,13H,1,15H2,2-3H3,(H,16,17)/t10-,11-,13-/m0/s1. The molecule has 0 aliphatic heterocycles. The first-order chi connectivity index (χ1) is 8.06. The van der Waals surface area contributed by atoms with E-state index >= 15 is 0 Å². The summed E-state index contributed by atoms with van der Waals surface area (Å²) >= 11 is 0. The van der Waals surface area contributed by atoms with E-state index < -0.39 is 6.04 Å². The van der Waals surface area contributed by atoms with E-state index in [0.717, 1.165) is 5.56 Å². The molecule has 0 fully saturated rings. The van der Waals surface area contributed by atoms with E-state index in [9.17, 15) is 4.79 Å². The van der Waals surface area contributed by atoms with Gasteiger partial charge in [0.25, 0.3) is 0 Å². The van der Waals surface area contributed by atoms with Gasteiger partial charge in [-0.15, -0.1) is 6.58 Å². The Morgan fingerprint density at radius 2 is 1.94 bits per heavy atom. The third-order valence-corrected chi connectivity index (χ3v) is 2.90. The number of carbonyl (C=O) groups is 1. The van der Waals surface area contributed by atoms with Gasteiger partial charge in [-0.05, 0) is 18.4 Å². The molecule has 3 nitrogen and oxygen atoms in total. The van der Waals surface area contributed by atoms with Gasteiger partial charge < -0.3 is 11.1 Å². The number of rotatable bonds is 5. The predicted octanol–water partition coefficient (Wildman–Crippen LogP) is 2.01. The Morgan fingerprint density at radius 3 is 2.47 bits per heavy atom. The van der Waals surface area contributed by atoms with E-state index in [1.54, 1.807) is 6.08 Å². The van der Waals surface area contributed by atoms with Gasteiger partial charge in [0.05, 0.1) is 12.1 Å². The maximum atomic E-state index is 11.8. The average molecular weight is 232 g/mol. The number of hydrogen-bond donors (Lipinski definition) is 2. The van der Waals surface area contributed by atoms with E-state index in [1.165, 1.54) is 0 Å². The summed E-state index contributed by atoms with van der Waals surface area (Å²) < 4.78 is 0. The van der Waals surface area contributed by atoms with Gasteiger partial charge in [-0.2, -0.15) is 0 Å². The molecule has 0 saturated carbocycles. The number of nitrogens with two attached hydrogens (primary N) is 1. The lowest BCUT2D eigenvalue weighted by molar-refractivity contribution is -0.123. The van der Waals surface area contributed by atoms with Crippen molar-refractivity contribution in [2.24, 2.45) is 11.7 Å². The number of benzene rings is 1. The number of hydrogen-bond acceptors (Lipinski definition) is 2. The maximum Gasteiger partial charge on any atom is 0.237 e. The van der Waals surface area contributed by atoms with Crippen molar-refractivity contribution >= 4 is 5.91 Å². The Bertz CT molecular complexity index is 375. The lowest BCUT2D eigenvalue weighted by Gasteiger charge is -2.20. The highest BCUT2D eigenvalue weighted by Crippen LogP contribution is 2.12. The van der Waals surface area contributed by atoms with Crippen molar-refractivity contribution in [3.05, 3.63) is 48.6 Å². The highest BCUT2D eigenvalue weighted by Gasteiger charge is 2.20. The molecule has 3 heteroatoms. The zero-order valence-electron chi connectivity index (χ0n) is 10.4. The Hall–Kier alpha value is -1.61. The molecule has 92 valence electrons. The highest BCUT2D eigenvalue weighted by molar-refractivity contribution is 5.82. The van der Waals surface area contributed by atoms with Crippen LogP contribution in [0.1, 0.15) is 25.5 Å². The second kappa shape index (κ2) is 6.21. The van der Waals surface area contributed by atoms with Gasteiger partial charge in [-0.1, -0.05) is 43.3 Å². The van der Waals surface area contributed by atoms with Gasteiger partial charge in [0.2, 0.25) is 5.91 Å². The van der Waals surface area contributed by atoms with Crippen LogP contribution in [0.25, 0.3) is 0 Å². The first-order valence-corrected chi connectivity index (χ1v) is 5.79. The summed E-state index contributed by atoms with van der Waals surface area (Å²) in [5.74, 6) is -0.174. The predicted molar refractivity (Wildman–Crippen MR) is 70.3 cm³/mol. The number of amides is 1. The van der Waals surface area contributed by atoms with Crippen molar-refractivity contribution in [1.82, 2.24) is 5.32 Å². The molecule has 1 aromatic rings. The zero-order valence-corrected chi connectivity index (χ0v) is 10.4. The van der Waals surface area contributed by atoms with Crippen LogP contribution in [0, 0.1) is 5.92 Å². The first kappa shape index (κ1) is 13.5. The summed E-state index contributed by atoms with van der Waals surface area (Å²) in [5.41, 5.74) is 6.88. The highest BCUT2D eigenvalue weighted by atomic mass is 16.2. The third-order valence-electron chi connectivity index (χ3n) is 2.90. The van der Waals surface area contributed by atoms with E-state index in [-0.39, 0.29) is 17.9 Å². The molecule has 0 bridgehead atoms. The monoisotopic (exact) mass is 232 g/mol. The molecule has 0 heterocycles. The molecule has 0 aliphatic rings. The van der Waals surface area contributed by atoms with Crippen LogP contribution in [0.5, 0.6) is 0 Å². The molecule has 3 atom stereocenters. The molecule has 17 heavy (non-hydrogen) atoms. The van der Waals surface area contributed by atoms with Crippen LogP contribution >= 0.6 is 0 Å². The molecule has 0 radical (unpaired) electrons. The maximum absolute atomic E-state index is 11.8. The smallest absolute Gasteiger partial charge is 0.237 e. The average Bonchev–Trinajstić information content (AvgIpc) is 2.37. The fourth-order valence-corrected chi connectivity index (χ4v) is 1.52. The van der Waals surface area contributed by atoms with Crippen molar-refractivity contribution in [3.63, 3.8) is 0 Å². The zero-order chi connectivity index (χ0) is 12.8. The normalized spacial score (nSPS) is 15.7. The Labute approximate surface area is 103 Å². The van der Waals surface area contributed by atoms with E-state index in [4.69, 9.17) is 5.73 Å². The van der Waals surface area contributed by atoms with Crippen molar-refractivity contribution in [1.29, 1.82) is 0 Å². The molecule has 1 amide bonds. The lowest BCUT2D eigenvalue weighted by atomic mass is 10.0. The molecule has 0 saturated heterocycles. The second-order valence-corrected chi connectivity index (χ2v) is 4.26. The topological polar surface area (TPSA) is 55.1 Å². The van der Waals surface area contributed by atoms with Gasteiger partial charge in [0.15, 0.2) is 0 Å². The van der Waals surface area contributed by atoms with Gasteiger partial charge in [0, 0.05) is 0 Å². The molecule has 1 aromatic carbocycles. The SMILES string of the molecule is C=C[C@H](C)[C@H](N)C(=O)N[C@@H](C)c1ccccc1. The molecular formula is C14H20N2O. The summed E-state index contributed by atoms with van der Waals surface area (Å²) in [5, 5.41) is 2.90. The summed E-state index contributed by atoms with van der Waals surface area (Å²) in [4.78, 5) is 11.8. The first-order valence-electron chi connectivity index (χ1n) is 5.79. The van der Waals surface area contributed by atoms with Gasteiger partial charge in [-0.25, -0.2) is 0 Å². The second-order valence-electron chi connectivity index (χ2n) is 4.26.